The summed E-state index contributed by atoms with van der Waals surface area (Å²) in [6.07, 6.45) is 0.548. The largest absolute Gasteiger partial charge is 0.495 e. The highest BCUT2D eigenvalue weighted by atomic mass is 32.2. The van der Waals surface area contributed by atoms with Gasteiger partial charge in [0.15, 0.2) is 0 Å². The van der Waals surface area contributed by atoms with E-state index < -0.39 is 16.1 Å². The van der Waals surface area contributed by atoms with E-state index >= 15 is 0 Å². The Labute approximate surface area is 202 Å². The number of rotatable bonds is 4. The quantitative estimate of drug-likeness (QED) is 0.402. The summed E-state index contributed by atoms with van der Waals surface area (Å²) in [5, 5.41) is 1.66. The van der Waals surface area contributed by atoms with Gasteiger partial charge < -0.3 is 13.9 Å². The third-order valence-electron chi connectivity index (χ3n) is 6.87. The summed E-state index contributed by atoms with van der Waals surface area (Å²) in [5.74, 6) is 0.606. The number of benzene rings is 3. The van der Waals surface area contributed by atoms with E-state index in [1.54, 1.807) is 30.2 Å². The number of amides is 1. The van der Waals surface area contributed by atoms with Gasteiger partial charge in [-0.05, 0) is 43.2 Å². The summed E-state index contributed by atoms with van der Waals surface area (Å²) in [7, 11) is -2.14. The summed E-state index contributed by atoms with van der Waals surface area (Å²) in [4.78, 5) is 14.6. The molecular formula is C26H24N2O6S. The molecule has 180 valence electrons. The highest BCUT2D eigenvalue weighted by molar-refractivity contribution is 7.89. The van der Waals surface area contributed by atoms with Crippen molar-refractivity contribution >= 4 is 43.7 Å². The molecule has 9 heteroatoms. The Morgan fingerprint density at radius 1 is 0.943 bits per heavy atom. The molecular weight excluding hydrogens is 468 g/mol. The van der Waals surface area contributed by atoms with Crippen LogP contribution in [0.1, 0.15) is 18.4 Å². The van der Waals surface area contributed by atoms with Crippen LogP contribution in [0.15, 0.2) is 70.0 Å². The van der Waals surface area contributed by atoms with Crippen molar-refractivity contribution in [2.45, 2.75) is 30.4 Å². The molecule has 2 aliphatic rings. The molecule has 0 radical (unpaired) electrons. The molecule has 4 aromatic rings. The van der Waals surface area contributed by atoms with Gasteiger partial charge in [0.25, 0.3) is 0 Å². The average Bonchev–Trinajstić information content (AvgIpc) is 3.26. The Morgan fingerprint density at radius 2 is 1.71 bits per heavy atom. The smallest absolute Gasteiger partial charge is 0.415 e. The van der Waals surface area contributed by atoms with Gasteiger partial charge in [-0.15, -0.1) is 0 Å². The highest BCUT2D eigenvalue weighted by Gasteiger charge is 2.38. The fourth-order valence-electron chi connectivity index (χ4n) is 5.11. The Morgan fingerprint density at radius 3 is 2.51 bits per heavy atom. The molecule has 0 N–H and O–H groups in total. The van der Waals surface area contributed by atoms with Gasteiger partial charge in [-0.2, -0.15) is 4.31 Å². The zero-order chi connectivity index (χ0) is 24.2. The van der Waals surface area contributed by atoms with E-state index in [-0.39, 0.29) is 17.5 Å². The van der Waals surface area contributed by atoms with Gasteiger partial charge in [0.05, 0.1) is 17.7 Å². The summed E-state index contributed by atoms with van der Waals surface area (Å²) in [6, 6.07) is 18.0. The van der Waals surface area contributed by atoms with Crippen LogP contribution in [0.4, 0.5) is 10.5 Å². The highest BCUT2D eigenvalue weighted by Crippen LogP contribution is 2.39. The molecule has 0 spiro atoms. The molecule has 1 saturated heterocycles. The second kappa shape index (κ2) is 8.28. The van der Waals surface area contributed by atoms with E-state index in [2.05, 4.69) is 0 Å². The minimum absolute atomic E-state index is 0.190. The molecule has 6 rings (SSSR count). The van der Waals surface area contributed by atoms with Gasteiger partial charge in [-0.25, -0.2) is 13.2 Å². The van der Waals surface area contributed by atoms with Gasteiger partial charge in [-0.1, -0.05) is 30.3 Å². The Kier molecular flexibility index (Phi) is 5.19. The number of nitrogens with zero attached hydrogens (tertiary/aromatic N) is 2. The van der Waals surface area contributed by atoms with Crippen molar-refractivity contribution < 1.29 is 27.1 Å². The van der Waals surface area contributed by atoms with E-state index in [0.717, 1.165) is 21.9 Å². The lowest BCUT2D eigenvalue weighted by Gasteiger charge is -2.40. The number of furan rings is 1. The van der Waals surface area contributed by atoms with Gasteiger partial charge in [0.1, 0.15) is 23.5 Å². The summed E-state index contributed by atoms with van der Waals surface area (Å²) in [5.41, 5.74) is 2.96. The van der Waals surface area contributed by atoms with Crippen molar-refractivity contribution in [3.8, 4) is 5.75 Å². The van der Waals surface area contributed by atoms with Crippen LogP contribution in [0.5, 0.6) is 5.75 Å². The zero-order valence-electron chi connectivity index (χ0n) is 19.1. The molecule has 3 heterocycles. The summed E-state index contributed by atoms with van der Waals surface area (Å²) >= 11 is 0. The van der Waals surface area contributed by atoms with E-state index in [0.29, 0.717) is 43.0 Å². The molecule has 1 aromatic heterocycles. The van der Waals surface area contributed by atoms with E-state index in [1.807, 2.05) is 42.5 Å². The number of carbonyl (C=O) groups is 1. The molecule has 0 bridgehead atoms. The van der Waals surface area contributed by atoms with Crippen molar-refractivity contribution in [2.24, 2.45) is 0 Å². The maximum atomic E-state index is 13.5. The van der Waals surface area contributed by atoms with Crippen molar-refractivity contribution in [3.63, 3.8) is 0 Å². The maximum absolute atomic E-state index is 13.5. The lowest BCUT2D eigenvalue weighted by Crippen LogP contribution is -2.50. The molecule has 2 aliphatic heterocycles. The number of cyclic esters (lactones) is 1. The number of hydrogen-bond acceptors (Lipinski definition) is 6. The zero-order valence-corrected chi connectivity index (χ0v) is 20.0. The van der Waals surface area contributed by atoms with Crippen LogP contribution in [-0.4, -0.2) is 45.1 Å². The molecule has 1 amide bonds. The average molecular weight is 493 g/mol. The van der Waals surface area contributed by atoms with E-state index in [9.17, 15) is 13.2 Å². The van der Waals surface area contributed by atoms with Crippen molar-refractivity contribution in [3.05, 3.63) is 66.2 Å². The van der Waals surface area contributed by atoms with E-state index in [1.165, 1.54) is 4.31 Å². The number of hydrogen-bond donors (Lipinski definition) is 0. The second-order valence-electron chi connectivity index (χ2n) is 8.78. The van der Waals surface area contributed by atoms with Crippen LogP contribution in [0.2, 0.25) is 0 Å². The fourth-order valence-corrected chi connectivity index (χ4v) is 6.61. The number of para-hydroxylation sites is 2. The van der Waals surface area contributed by atoms with Gasteiger partial charge in [0.2, 0.25) is 10.0 Å². The van der Waals surface area contributed by atoms with Crippen LogP contribution in [0.25, 0.3) is 21.9 Å². The summed E-state index contributed by atoms with van der Waals surface area (Å²) < 4.78 is 45.2. The third-order valence-corrected chi connectivity index (χ3v) is 8.76. The first-order valence-corrected chi connectivity index (χ1v) is 12.9. The summed E-state index contributed by atoms with van der Waals surface area (Å²) in [6.45, 7) is 0.789. The molecule has 3 aromatic carbocycles. The van der Waals surface area contributed by atoms with Gasteiger partial charge in [-0.3, -0.25) is 4.90 Å². The lowest BCUT2D eigenvalue weighted by atomic mass is 10.0. The molecule has 0 saturated carbocycles. The molecule has 0 atom stereocenters. The van der Waals surface area contributed by atoms with Gasteiger partial charge >= 0.3 is 6.09 Å². The van der Waals surface area contributed by atoms with Crippen molar-refractivity contribution in [2.75, 3.05) is 25.1 Å². The Bertz CT molecular complexity index is 1540. The predicted molar refractivity (Wildman–Crippen MR) is 131 cm³/mol. The van der Waals surface area contributed by atoms with Crippen LogP contribution < -0.4 is 9.64 Å². The minimum atomic E-state index is -3.71. The number of fused-ring (bicyclic) bond motifs is 4. The predicted octanol–water partition coefficient (Wildman–Crippen LogP) is 4.90. The first kappa shape index (κ1) is 21.9. The van der Waals surface area contributed by atoms with Crippen molar-refractivity contribution in [1.82, 2.24) is 4.31 Å². The van der Waals surface area contributed by atoms with Crippen LogP contribution in [0.3, 0.4) is 0 Å². The standard InChI is InChI=1S/C26H24N2O6S/c1-32-24-8-4-5-17-16-33-26(29)28(25(17)24)18-11-13-27(14-12-18)35(30,31)19-9-10-23-21(15-19)20-6-2-3-7-22(20)34-23/h2-10,15,18H,11-14,16H2,1H3. The fraction of sp³-hybridized carbons (Fsp3) is 0.269. The maximum Gasteiger partial charge on any atom is 0.415 e. The third kappa shape index (κ3) is 3.54. The lowest BCUT2D eigenvalue weighted by molar-refractivity contribution is 0.135. The van der Waals surface area contributed by atoms with Crippen LogP contribution in [0, 0.1) is 0 Å². The molecule has 0 aliphatic carbocycles. The normalized spacial score (nSPS) is 17.5. The second-order valence-corrected chi connectivity index (χ2v) is 10.7. The minimum Gasteiger partial charge on any atom is -0.495 e. The Balaban J connectivity index is 1.26. The van der Waals surface area contributed by atoms with Crippen molar-refractivity contribution in [1.29, 1.82) is 0 Å². The van der Waals surface area contributed by atoms with E-state index in [4.69, 9.17) is 13.9 Å². The SMILES string of the molecule is COc1cccc2c1N(C1CCN(S(=O)(=O)c3ccc4oc5ccccc5c4c3)CC1)C(=O)OC2. The molecule has 0 unspecified atom stereocenters. The number of methoxy groups -OCH3 is 1. The molecule has 1 fully saturated rings. The number of piperidine rings is 1. The molecule has 35 heavy (non-hydrogen) atoms. The van der Waals surface area contributed by atoms with Crippen LogP contribution >= 0.6 is 0 Å². The first-order valence-electron chi connectivity index (χ1n) is 11.5. The number of ether oxygens (including phenoxy) is 2. The van der Waals surface area contributed by atoms with Crippen LogP contribution in [-0.2, 0) is 21.4 Å². The topological polar surface area (TPSA) is 89.3 Å². The number of anilines is 1. The number of carbonyl (C=O) groups excluding carboxylic acids is 1. The van der Waals surface area contributed by atoms with Gasteiger partial charge in [0, 0.05) is 35.5 Å². The molecule has 8 nitrogen and oxygen atoms in total. The number of sulfonamides is 1. The Hall–Kier alpha value is -3.56. The first-order chi connectivity index (χ1) is 17.0. The monoisotopic (exact) mass is 492 g/mol.